The summed E-state index contributed by atoms with van der Waals surface area (Å²) in [5.41, 5.74) is -0.278. The second-order valence-corrected chi connectivity index (χ2v) is 4.57. The van der Waals surface area contributed by atoms with Crippen molar-refractivity contribution in [1.29, 1.82) is 0 Å². The van der Waals surface area contributed by atoms with Gasteiger partial charge in [-0.3, -0.25) is 4.79 Å². The van der Waals surface area contributed by atoms with Crippen LogP contribution in [-0.4, -0.2) is 29.9 Å². The minimum Gasteiger partial charge on any atom is -0.458 e. The van der Waals surface area contributed by atoms with Gasteiger partial charge in [-0.1, -0.05) is 0 Å². The summed E-state index contributed by atoms with van der Waals surface area (Å²) in [4.78, 5) is 11.3. The van der Waals surface area contributed by atoms with Crippen LogP contribution in [0.3, 0.4) is 0 Å². The molecule has 1 saturated heterocycles. The average Bonchev–Trinajstić information content (AvgIpc) is 2.04. The van der Waals surface area contributed by atoms with Gasteiger partial charge in [-0.25, -0.2) is 0 Å². The molecular weight excluding hydrogens is 186 g/mol. The molecule has 1 N–H and O–H groups in total. The first-order valence-corrected chi connectivity index (χ1v) is 5.17. The zero-order chi connectivity index (χ0) is 9.90. The molecule has 1 atom stereocenters. The number of nitrogens with one attached hydrogen (secondary N) is 1. The molecule has 0 saturated carbocycles. The molecule has 3 nitrogen and oxygen atoms in total. The minimum atomic E-state index is -0.327. The van der Waals surface area contributed by atoms with Crippen LogP contribution in [0.15, 0.2) is 0 Å². The Morgan fingerprint density at radius 2 is 2.08 bits per heavy atom. The van der Waals surface area contributed by atoms with Crippen molar-refractivity contribution >= 4 is 18.6 Å². The number of hydrogen-bond acceptors (Lipinski definition) is 4. The number of thiol groups is 1. The predicted octanol–water partition coefficient (Wildman–Crippen LogP) is 0.990. The Hall–Kier alpha value is -0.220. The lowest BCUT2D eigenvalue weighted by molar-refractivity contribution is -0.159. The van der Waals surface area contributed by atoms with Crippen LogP contribution in [0.5, 0.6) is 0 Å². The van der Waals surface area contributed by atoms with Gasteiger partial charge in [0.05, 0.1) is 5.25 Å². The summed E-state index contributed by atoms with van der Waals surface area (Å²) in [7, 11) is 0. The fraction of sp³-hybridized carbons (Fsp3) is 0.889. The molecule has 4 heteroatoms. The monoisotopic (exact) mass is 203 g/mol. The van der Waals surface area contributed by atoms with Crippen molar-refractivity contribution < 1.29 is 9.53 Å². The quantitative estimate of drug-likeness (QED) is 0.519. The highest BCUT2D eigenvalue weighted by Crippen LogP contribution is 2.23. The van der Waals surface area contributed by atoms with Crippen LogP contribution in [0, 0.1) is 0 Å². The molecule has 13 heavy (non-hydrogen) atoms. The van der Waals surface area contributed by atoms with E-state index in [2.05, 4.69) is 17.9 Å². The van der Waals surface area contributed by atoms with Crippen molar-refractivity contribution in [2.75, 3.05) is 13.1 Å². The maximum absolute atomic E-state index is 11.3. The summed E-state index contributed by atoms with van der Waals surface area (Å²) < 4.78 is 5.38. The average molecular weight is 203 g/mol. The maximum atomic E-state index is 11.3. The molecule has 0 spiro atoms. The summed E-state index contributed by atoms with van der Waals surface area (Å²) in [6, 6.07) is 0. The van der Waals surface area contributed by atoms with Gasteiger partial charge < -0.3 is 10.1 Å². The SMILES string of the molecule is CC(S)C(=O)OC1(C)CCNCC1. The Labute approximate surface area is 84.6 Å². The van der Waals surface area contributed by atoms with E-state index in [1.165, 1.54) is 0 Å². The fourth-order valence-electron chi connectivity index (χ4n) is 1.39. The highest BCUT2D eigenvalue weighted by Gasteiger charge is 2.31. The third kappa shape index (κ3) is 3.19. The molecule has 0 bridgehead atoms. The van der Waals surface area contributed by atoms with Gasteiger partial charge in [0.15, 0.2) is 0 Å². The lowest BCUT2D eigenvalue weighted by atomic mass is 9.94. The van der Waals surface area contributed by atoms with Gasteiger partial charge in [0.1, 0.15) is 5.60 Å². The summed E-state index contributed by atoms with van der Waals surface area (Å²) in [5, 5.41) is 2.90. The third-order valence-corrected chi connectivity index (χ3v) is 2.56. The van der Waals surface area contributed by atoms with Gasteiger partial charge in [0, 0.05) is 0 Å². The molecule has 0 aromatic carbocycles. The topological polar surface area (TPSA) is 38.3 Å². The van der Waals surface area contributed by atoms with Crippen LogP contribution in [0.1, 0.15) is 26.7 Å². The molecule has 0 aromatic heterocycles. The van der Waals surface area contributed by atoms with Crippen molar-refractivity contribution in [3.63, 3.8) is 0 Å². The van der Waals surface area contributed by atoms with E-state index < -0.39 is 0 Å². The Kier molecular flexibility index (Phi) is 3.62. The van der Waals surface area contributed by atoms with Gasteiger partial charge >= 0.3 is 5.97 Å². The van der Waals surface area contributed by atoms with Crippen LogP contribution in [0.2, 0.25) is 0 Å². The fourth-order valence-corrected chi connectivity index (χ4v) is 1.44. The first kappa shape index (κ1) is 10.9. The van der Waals surface area contributed by atoms with Crippen molar-refractivity contribution in [1.82, 2.24) is 5.32 Å². The lowest BCUT2D eigenvalue weighted by Crippen LogP contribution is -2.43. The molecule has 76 valence electrons. The molecular formula is C9H17NO2S. The lowest BCUT2D eigenvalue weighted by Gasteiger charge is -2.34. The van der Waals surface area contributed by atoms with Crippen LogP contribution >= 0.6 is 12.6 Å². The van der Waals surface area contributed by atoms with Gasteiger partial charge in [-0.05, 0) is 39.8 Å². The van der Waals surface area contributed by atoms with E-state index >= 15 is 0 Å². The number of hydrogen-bond donors (Lipinski definition) is 2. The van der Waals surface area contributed by atoms with Gasteiger partial charge in [0.25, 0.3) is 0 Å². The number of esters is 1. The number of ether oxygens (including phenoxy) is 1. The van der Waals surface area contributed by atoms with Gasteiger partial charge in [-0.15, -0.1) is 0 Å². The van der Waals surface area contributed by atoms with Gasteiger partial charge in [0.2, 0.25) is 0 Å². The Bertz CT molecular complexity index is 188. The van der Waals surface area contributed by atoms with E-state index in [1.54, 1.807) is 6.92 Å². The number of piperidine rings is 1. The summed E-state index contributed by atoms with van der Waals surface area (Å²) in [6.07, 6.45) is 1.78. The maximum Gasteiger partial charge on any atom is 0.319 e. The molecule has 1 fully saturated rings. The van der Waals surface area contributed by atoms with Crippen LogP contribution in [0.4, 0.5) is 0 Å². The van der Waals surface area contributed by atoms with E-state index in [-0.39, 0.29) is 16.8 Å². The number of carbonyl (C=O) groups is 1. The summed E-state index contributed by atoms with van der Waals surface area (Å²) in [6.45, 7) is 5.56. The van der Waals surface area contributed by atoms with E-state index in [0.717, 1.165) is 25.9 Å². The summed E-state index contributed by atoms with van der Waals surface area (Å²) >= 11 is 4.04. The van der Waals surface area contributed by atoms with E-state index in [1.807, 2.05) is 6.92 Å². The molecule has 0 amide bonds. The Morgan fingerprint density at radius 1 is 1.54 bits per heavy atom. The molecule has 0 aliphatic carbocycles. The van der Waals surface area contributed by atoms with Crippen LogP contribution < -0.4 is 5.32 Å². The third-order valence-electron chi connectivity index (χ3n) is 2.35. The van der Waals surface area contributed by atoms with Crippen LogP contribution in [-0.2, 0) is 9.53 Å². The largest absolute Gasteiger partial charge is 0.458 e. The Balaban J connectivity index is 2.45. The molecule has 1 rings (SSSR count). The highest BCUT2D eigenvalue weighted by atomic mass is 32.1. The van der Waals surface area contributed by atoms with Crippen molar-refractivity contribution in [2.24, 2.45) is 0 Å². The minimum absolute atomic E-state index is 0.215. The number of rotatable bonds is 2. The van der Waals surface area contributed by atoms with Gasteiger partial charge in [-0.2, -0.15) is 12.6 Å². The molecule has 1 aliphatic heterocycles. The molecule has 0 radical (unpaired) electrons. The number of carbonyl (C=O) groups excluding carboxylic acids is 1. The zero-order valence-electron chi connectivity index (χ0n) is 8.17. The van der Waals surface area contributed by atoms with E-state index in [9.17, 15) is 4.79 Å². The smallest absolute Gasteiger partial charge is 0.319 e. The zero-order valence-corrected chi connectivity index (χ0v) is 9.06. The normalized spacial score (nSPS) is 23.6. The first-order valence-electron chi connectivity index (χ1n) is 4.65. The highest BCUT2D eigenvalue weighted by molar-refractivity contribution is 7.81. The van der Waals surface area contributed by atoms with E-state index in [4.69, 9.17) is 4.74 Å². The van der Waals surface area contributed by atoms with Crippen molar-refractivity contribution in [3.8, 4) is 0 Å². The van der Waals surface area contributed by atoms with Crippen LogP contribution in [0.25, 0.3) is 0 Å². The second kappa shape index (κ2) is 4.33. The van der Waals surface area contributed by atoms with E-state index in [0.29, 0.717) is 0 Å². The Morgan fingerprint density at radius 3 is 2.54 bits per heavy atom. The standard InChI is InChI=1S/C9H17NO2S/c1-7(13)8(11)12-9(2)3-5-10-6-4-9/h7,10,13H,3-6H2,1-2H3. The first-order chi connectivity index (χ1) is 6.03. The second-order valence-electron chi connectivity index (χ2n) is 3.80. The molecule has 1 unspecified atom stereocenters. The predicted molar refractivity (Wildman–Crippen MR) is 55.0 cm³/mol. The molecule has 1 heterocycles. The summed E-state index contributed by atoms with van der Waals surface area (Å²) in [5.74, 6) is -0.215. The molecule has 0 aromatic rings. The molecule has 1 aliphatic rings. The van der Waals surface area contributed by atoms with Crippen molar-refractivity contribution in [3.05, 3.63) is 0 Å². The van der Waals surface area contributed by atoms with Crippen molar-refractivity contribution in [2.45, 2.75) is 37.5 Å².